The quantitative estimate of drug-likeness (QED) is 0.681. The van der Waals surface area contributed by atoms with E-state index in [2.05, 4.69) is 42.6 Å². The Bertz CT molecular complexity index is 230. The molecule has 0 amide bonds. The predicted octanol–water partition coefficient (Wildman–Crippen LogP) is 3.18. The van der Waals surface area contributed by atoms with Gasteiger partial charge < -0.3 is 5.32 Å². The molecular weight excluding hydrogens is 170 g/mol. The number of unbranched alkanes of at least 4 members (excludes halogenated alkanes) is 1. The average Bonchev–Trinajstić information content (AvgIpc) is 2.25. The summed E-state index contributed by atoms with van der Waals surface area (Å²) in [4.78, 5) is 0. The van der Waals surface area contributed by atoms with E-state index in [-0.39, 0.29) is 0 Å². The monoisotopic (exact) mass is 191 g/mol. The zero-order chi connectivity index (χ0) is 10.2. The summed E-state index contributed by atoms with van der Waals surface area (Å²) in [6, 6.07) is 10.8. The molecule has 0 spiro atoms. The van der Waals surface area contributed by atoms with Gasteiger partial charge in [-0.05, 0) is 37.9 Å². The Labute approximate surface area is 87.5 Å². The molecule has 1 rings (SSSR count). The number of rotatable bonds is 6. The average molecular weight is 191 g/mol. The topological polar surface area (TPSA) is 12.0 Å². The summed E-state index contributed by atoms with van der Waals surface area (Å²) >= 11 is 0. The minimum atomic E-state index is 0.702. The Balaban J connectivity index is 2.25. The molecule has 0 bridgehead atoms. The highest BCUT2D eigenvalue weighted by molar-refractivity contribution is 5.18. The van der Waals surface area contributed by atoms with Crippen LogP contribution in [0.4, 0.5) is 0 Å². The van der Waals surface area contributed by atoms with Crippen LogP contribution < -0.4 is 5.32 Å². The first-order chi connectivity index (χ1) is 6.84. The van der Waals surface area contributed by atoms with E-state index in [1.165, 1.54) is 24.8 Å². The number of hydrogen-bond acceptors (Lipinski definition) is 1. The van der Waals surface area contributed by atoms with Crippen molar-refractivity contribution in [3.05, 3.63) is 35.9 Å². The highest BCUT2D eigenvalue weighted by Crippen LogP contribution is 2.20. The normalized spacial score (nSPS) is 12.7. The number of benzene rings is 1. The summed E-state index contributed by atoms with van der Waals surface area (Å²) in [5, 5.41) is 3.18. The maximum Gasteiger partial charge on any atom is -0.00519 e. The molecule has 0 saturated heterocycles. The number of nitrogens with one attached hydrogen (secondary N) is 1. The molecule has 0 aliphatic rings. The van der Waals surface area contributed by atoms with Crippen molar-refractivity contribution in [2.45, 2.75) is 32.1 Å². The largest absolute Gasteiger partial charge is 0.320 e. The molecule has 0 aliphatic carbocycles. The Hall–Kier alpha value is -0.820. The van der Waals surface area contributed by atoms with Crippen molar-refractivity contribution in [2.24, 2.45) is 0 Å². The van der Waals surface area contributed by atoms with Gasteiger partial charge in [0.25, 0.3) is 0 Å². The van der Waals surface area contributed by atoms with Crippen LogP contribution in [0.2, 0.25) is 0 Å². The Morgan fingerprint density at radius 2 is 1.86 bits per heavy atom. The van der Waals surface area contributed by atoms with Crippen LogP contribution in [0.5, 0.6) is 0 Å². The molecule has 1 heteroatoms. The lowest BCUT2D eigenvalue weighted by Crippen LogP contribution is -2.07. The molecule has 0 fully saturated rings. The molecule has 78 valence electrons. The molecule has 1 nitrogen and oxygen atoms in total. The van der Waals surface area contributed by atoms with Crippen molar-refractivity contribution in [1.82, 2.24) is 5.32 Å². The Morgan fingerprint density at radius 1 is 1.14 bits per heavy atom. The van der Waals surface area contributed by atoms with Crippen LogP contribution in [0, 0.1) is 0 Å². The Morgan fingerprint density at radius 3 is 2.50 bits per heavy atom. The third-order valence-electron chi connectivity index (χ3n) is 2.68. The van der Waals surface area contributed by atoms with Crippen molar-refractivity contribution >= 4 is 0 Å². The third-order valence-corrected chi connectivity index (χ3v) is 2.68. The van der Waals surface area contributed by atoms with Crippen molar-refractivity contribution in [1.29, 1.82) is 0 Å². The predicted molar refractivity (Wildman–Crippen MR) is 62.6 cm³/mol. The summed E-state index contributed by atoms with van der Waals surface area (Å²) in [5.74, 6) is 0.702. The molecule has 1 aromatic carbocycles. The first kappa shape index (κ1) is 11.3. The van der Waals surface area contributed by atoms with E-state index >= 15 is 0 Å². The van der Waals surface area contributed by atoms with Crippen molar-refractivity contribution < 1.29 is 0 Å². The summed E-state index contributed by atoms with van der Waals surface area (Å²) < 4.78 is 0. The fourth-order valence-corrected chi connectivity index (χ4v) is 1.70. The lowest BCUT2D eigenvalue weighted by atomic mass is 9.96. The van der Waals surface area contributed by atoms with Gasteiger partial charge in [-0.15, -0.1) is 0 Å². The smallest absolute Gasteiger partial charge is 0.00519 e. The van der Waals surface area contributed by atoms with E-state index in [0.29, 0.717) is 5.92 Å². The van der Waals surface area contributed by atoms with Gasteiger partial charge in [0, 0.05) is 0 Å². The van der Waals surface area contributed by atoms with Crippen molar-refractivity contribution in [3.8, 4) is 0 Å². The van der Waals surface area contributed by atoms with E-state index in [9.17, 15) is 0 Å². The van der Waals surface area contributed by atoms with Crippen LogP contribution in [-0.2, 0) is 0 Å². The van der Waals surface area contributed by atoms with Crippen LogP contribution in [0.3, 0.4) is 0 Å². The second kappa shape index (κ2) is 6.61. The molecular formula is C13H21N. The van der Waals surface area contributed by atoms with Crippen LogP contribution >= 0.6 is 0 Å². The van der Waals surface area contributed by atoms with E-state index < -0.39 is 0 Å². The fraction of sp³-hybridized carbons (Fsp3) is 0.538. The van der Waals surface area contributed by atoms with Crippen LogP contribution in [0.25, 0.3) is 0 Å². The van der Waals surface area contributed by atoms with Gasteiger partial charge in [-0.25, -0.2) is 0 Å². The van der Waals surface area contributed by atoms with Crippen molar-refractivity contribution in [3.63, 3.8) is 0 Å². The lowest BCUT2D eigenvalue weighted by molar-refractivity contribution is 0.588. The van der Waals surface area contributed by atoms with Gasteiger partial charge in [-0.3, -0.25) is 0 Å². The van der Waals surface area contributed by atoms with Crippen LogP contribution in [0.15, 0.2) is 30.3 Å². The maximum absolute atomic E-state index is 3.18. The molecule has 14 heavy (non-hydrogen) atoms. The second-order valence-electron chi connectivity index (χ2n) is 3.91. The van der Waals surface area contributed by atoms with E-state index in [1.807, 2.05) is 7.05 Å². The molecule has 1 N–H and O–H groups in total. The third kappa shape index (κ3) is 3.93. The molecule has 1 aromatic rings. The lowest BCUT2D eigenvalue weighted by Gasteiger charge is -2.11. The van der Waals surface area contributed by atoms with Crippen molar-refractivity contribution in [2.75, 3.05) is 13.6 Å². The Kier molecular flexibility index (Phi) is 5.31. The molecule has 0 saturated carbocycles. The van der Waals surface area contributed by atoms with Gasteiger partial charge in [-0.2, -0.15) is 0 Å². The molecule has 1 atom stereocenters. The molecule has 0 aromatic heterocycles. The van der Waals surface area contributed by atoms with E-state index in [0.717, 1.165) is 6.54 Å². The van der Waals surface area contributed by atoms with Gasteiger partial charge in [0.15, 0.2) is 0 Å². The van der Waals surface area contributed by atoms with E-state index in [1.54, 1.807) is 0 Å². The van der Waals surface area contributed by atoms with Gasteiger partial charge in [0.05, 0.1) is 0 Å². The first-order valence-corrected chi connectivity index (χ1v) is 5.54. The zero-order valence-electron chi connectivity index (χ0n) is 9.29. The van der Waals surface area contributed by atoms with Crippen LogP contribution in [-0.4, -0.2) is 13.6 Å². The molecule has 0 aliphatic heterocycles. The highest BCUT2D eigenvalue weighted by atomic mass is 14.8. The molecule has 0 heterocycles. The SMILES string of the molecule is CNCCCCC(C)c1ccccc1. The van der Waals surface area contributed by atoms with E-state index in [4.69, 9.17) is 0 Å². The molecule has 1 unspecified atom stereocenters. The second-order valence-corrected chi connectivity index (χ2v) is 3.91. The summed E-state index contributed by atoms with van der Waals surface area (Å²) in [6.45, 7) is 3.45. The molecule has 0 radical (unpaired) electrons. The van der Waals surface area contributed by atoms with Crippen LogP contribution in [0.1, 0.15) is 37.7 Å². The summed E-state index contributed by atoms with van der Waals surface area (Å²) in [7, 11) is 2.01. The first-order valence-electron chi connectivity index (χ1n) is 5.54. The minimum Gasteiger partial charge on any atom is -0.320 e. The number of hydrogen-bond donors (Lipinski definition) is 1. The van der Waals surface area contributed by atoms with Gasteiger partial charge in [-0.1, -0.05) is 43.7 Å². The standard InChI is InChI=1S/C13H21N/c1-12(8-6-7-11-14-2)13-9-4-3-5-10-13/h3-5,9-10,12,14H,6-8,11H2,1-2H3. The zero-order valence-corrected chi connectivity index (χ0v) is 9.29. The minimum absolute atomic E-state index is 0.702. The fourth-order valence-electron chi connectivity index (χ4n) is 1.70. The maximum atomic E-state index is 3.18. The van der Waals surface area contributed by atoms with Gasteiger partial charge in [0.1, 0.15) is 0 Å². The highest BCUT2D eigenvalue weighted by Gasteiger charge is 2.03. The van der Waals surface area contributed by atoms with Gasteiger partial charge in [0.2, 0.25) is 0 Å². The summed E-state index contributed by atoms with van der Waals surface area (Å²) in [6.07, 6.45) is 3.90. The van der Waals surface area contributed by atoms with Gasteiger partial charge >= 0.3 is 0 Å². The summed E-state index contributed by atoms with van der Waals surface area (Å²) in [5.41, 5.74) is 1.47.